The Labute approximate surface area is 205 Å². The first-order valence-electron chi connectivity index (χ1n) is 9.35. The number of rotatable bonds is 5. The van der Waals surface area contributed by atoms with E-state index in [4.69, 9.17) is 9.47 Å². The summed E-state index contributed by atoms with van der Waals surface area (Å²) in [4.78, 5) is 16.7. The lowest BCUT2D eigenvalue weighted by Crippen LogP contribution is -2.05. The lowest BCUT2D eigenvalue weighted by molar-refractivity contribution is -0.129. The van der Waals surface area contributed by atoms with Crippen molar-refractivity contribution in [2.45, 2.75) is 13.5 Å². The zero-order chi connectivity index (χ0) is 22.0. The monoisotopic (exact) mass is 603 g/mol. The Balaban J connectivity index is 1.57. The molecule has 0 fully saturated rings. The number of carbonyl (C=O) groups excluding carboxylic acids is 1. The third-order valence-corrected chi connectivity index (χ3v) is 6.38. The van der Waals surface area contributed by atoms with Gasteiger partial charge < -0.3 is 9.47 Å². The molecule has 0 saturated heterocycles. The van der Waals surface area contributed by atoms with Crippen molar-refractivity contribution in [3.05, 3.63) is 102 Å². The minimum Gasteiger partial charge on any atom is -0.487 e. The Morgan fingerprint density at radius 2 is 1.71 bits per heavy atom. The number of ether oxygens (including phenoxy) is 2. The molecule has 0 atom stereocenters. The van der Waals surface area contributed by atoms with Crippen molar-refractivity contribution >= 4 is 65.7 Å². The highest BCUT2D eigenvalue weighted by Gasteiger charge is 2.25. The van der Waals surface area contributed by atoms with E-state index in [1.807, 2.05) is 48.5 Å². The van der Waals surface area contributed by atoms with E-state index < -0.39 is 5.97 Å². The molecule has 0 N–H and O–H groups in total. The normalized spacial score (nSPS) is 14.5. The fourth-order valence-electron chi connectivity index (χ4n) is 3.08. The van der Waals surface area contributed by atoms with Gasteiger partial charge in [0.2, 0.25) is 5.90 Å². The number of hydrogen-bond acceptors (Lipinski definition) is 4. The predicted molar refractivity (Wildman–Crippen MR) is 132 cm³/mol. The number of cyclic esters (lactones) is 1. The first kappa shape index (κ1) is 22.0. The minimum absolute atomic E-state index is 0.234. The van der Waals surface area contributed by atoms with Crippen LogP contribution in [0.2, 0.25) is 0 Å². The van der Waals surface area contributed by atoms with E-state index in [1.165, 1.54) is 5.56 Å². The summed E-state index contributed by atoms with van der Waals surface area (Å²) < 4.78 is 13.7. The van der Waals surface area contributed by atoms with Crippen molar-refractivity contribution in [1.82, 2.24) is 0 Å². The molecular formula is C24H16Br3NO3. The quantitative estimate of drug-likeness (QED) is 0.228. The molecule has 0 saturated carbocycles. The van der Waals surface area contributed by atoms with E-state index in [1.54, 1.807) is 6.08 Å². The molecule has 7 heteroatoms. The van der Waals surface area contributed by atoms with Gasteiger partial charge in [-0.25, -0.2) is 9.79 Å². The van der Waals surface area contributed by atoms with Crippen LogP contribution in [0.25, 0.3) is 6.08 Å². The maximum Gasteiger partial charge on any atom is 0.363 e. The van der Waals surface area contributed by atoms with Crippen molar-refractivity contribution in [2.24, 2.45) is 4.99 Å². The molecule has 0 radical (unpaired) electrons. The topological polar surface area (TPSA) is 47.9 Å². The summed E-state index contributed by atoms with van der Waals surface area (Å²) >= 11 is 10.6. The highest BCUT2D eigenvalue weighted by molar-refractivity contribution is 9.11. The smallest absolute Gasteiger partial charge is 0.363 e. The standard InChI is InChI=1S/C24H16Br3NO3/c1-14-5-4-6-15(9-14)13-30-22-19(26)10-16(11-20(22)27)12-21-24(29)31-23(28-21)17-7-2-3-8-18(17)25/h2-12H,13H2,1H3/b21-12-. The van der Waals surface area contributed by atoms with Crippen LogP contribution >= 0.6 is 47.8 Å². The molecule has 1 aliphatic heterocycles. The summed E-state index contributed by atoms with van der Waals surface area (Å²) in [5, 5.41) is 0. The lowest BCUT2D eigenvalue weighted by Gasteiger charge is -2.12. The number of benzene rings is 3. The molecule has 156 valence electrons. The number of aliphatic imine (C=N–C) groups is 1. The van der Waals surface area contributed by atoms with Crippen molar-refractivity contribution in [2.75, 3.05) is 0 Å². The summed E-state index contributed by atoms with van der Waals surface area (Å²) in [5.41, 5.74) is 4.02. The molecule has 3 aromatic carbocycles. The second kappa shape index (κ2) is 9.51. The van der Waals surface area contributed by atoms with Crippen molar-refractivity contribution in [1.29, 1.82) is 0 Å². The van der Waals surface area contributed by atoms with Gasteiger partial charge in [-0.2, -0.15) is 0 Å². The van der Waals surface area contributed by atoms with Crippen LogP contribution in [0, 0.1) is 6.92 Å². The summed E-state index contributed by atoms with van der Waals surface area (Å²) in [5.74, 6) is 0.479. The van der Waals surface area contributed by atoms with E-state index in [0.29, 0.717) is 12.4 Å². The Bertz CT molecular complexity index is 1210. The molecule has 4 rings (SSSR count). The van der Waals surface area contributed by atoms with Gasteiger partial charge in [-0.15, -0.1) is 0 Å². The SMILES string of the molecule is Cc1cccc(COc2c(Br)cc(/C=C3\N=C(c4ccccc4Br)OC3=O)cc2Br)c1. The fraction of sp³-hybridized carbons (Fsp3) is 0.0833. The van der Waals surface area contributed by atoms with E-state index in [9.17, 15) is 4.79 Å². The van der Waals surface area contributed by atoms with Crippen LogP contribution in [0.5, 0.6) is 5.75 Å². The Morgan fingerprint density at radius 1 is 0.968 bits per heavy atom. The van der Waals surface area contributed by atoms with Crippen LogP contribution < -0.4 is 4.74 Å². The molecule has 0 amide bonds. The van der Waals surface area contributed by atoms with Gasteiger partial charge in [0.05, 0.1) is 14.5 Å². The summed E-state index contributed by atoms with van der Waals surface area (Å²) in [6.45, 7) is 2.50. The van der Waals surface area contributed by atoms with Gasteiger partial charge in [0.1, 0.15) is 12.4 Å². The van der Waals surface area contributed by atoms with Crippen molar-refractivity contribution in [3.63, 3.8) is 0 Å². The third kappa shape index (κ3) is 5.17. The third-order valence-electron chi connectivity index (χ3n) is 4.51. The molecule has 3 aromatic rings. The van der Waals surface area contributed by atoms with Crippen LogP contribution in [0.1, 0.15) is 22.3 Å². The van der Waals surface area contributed by atoms with Crippen molar-refractivity contribution in [3.8, 4) is 5.75 Å². The highest BCUT2D eigenvalue weighted by atomic mass is 79.9. The maximum absolute atomic E-state index is 12.3. The van der Waals surface area contributed by atoms with E-state index >= 15 is 0 Å². The zero-order valence-electron chi connectivity index (χ0n) is 16.4. The van der Waals surface area contributed by atoms with Gasteiger partial charge in [0, 0.05) is 4.47 Å². The molecule has 0 unspecified atom stereocenters. The highest BCUT2D eigenvalue weighted by Crippen LogP contribution is 2.36. The number of carbonyl (C=O) groups is 1. The lowest BCUT2D eigenvalue weighted by atomic mass is 10.1. The average Bonchev–Trinajstić information content (AvgIpc) is 3.08. The van der Waals surface area contributed by atoms with Crippen LogP contribution in [0.3, 0.4) is 0 Å². The van der Waals surface area contributed by atoms with Gasteiger partial charge >= 0.3 is 5.97 Å². The van der Waals surface area contributed by atoms with Gasteiger partial charge in [-0.05, 0) is 96.2 Å². The largest absolute Gasteiger partial charge is 0.487 e. The van der Waals surface area contributed by atoms with Crippen LogP contribution in [0.4, 0.5) is 0 Å². The summed E-state index contributed by atoms with van der Waals surface area (Å²) in [7, 11) is 0. The Kier molecular flexibility index (Phi) is 6.74. The average molecular weight is 606 g/mol. The molecule has 4 nitrogen and oxygen atoms in total. The summed E-state index contributed by atoms with van der Waals surface area (Å²) in [6, 6.07) is 19.4. The first-order valence-corrected chi connectivity index (χ1v) is 11.7. The molecule has 0 aliphatic carbocycles. The second-order valence-electron chi connectivity index (χ2n) is 6.91. The molecule has 0 spiro atoms. The number of halogens is 3. The molecular weight excluding hydrogens is 590 g/mol. The number of hydrogen-bond donors (Lipinski definition) is 0. The first-order chi connectivity index (χ1) is 14.9. The second-order valence-corrected chi connectivity index (χ2v) is 9.47. The number of aryl methyl sites for hydroxylation is 1. The molecule has 0 aromatic heterocycles. The van der Waals surface area contributed by atoms with E-state index in [0.717, 1.165) is 30.1 Å². The molecule has 0 bridgehead atoms. The minimum atomic E-state index is -0.488. The Hall–Kier alpha value is -2.22. The predicted octanol–water partition coefficient (Wildman–Crippen LogP) is 7.21. The Morgan fingerprint density at radius 3 is 2.42 bits per heavy atom. The van der Waals surface area contributed by atoms with Crippen LogP contribution in [-0.4, -0.2) is 11.9 Å². The van der Waals surface area contributed by atoms with E-state index in [2.05, 4.69) is 71.8 Å². The zero-order valence-corrected chi connectivity index (χ0v) is 21.1. The van der Waals surface area contributed by atoms with Gasteiger partial charge in [-0.3, -0.25) is 0 Å². The van der Waals surface area contributed by atoms with Gasteiger partial charge in [0.25, 0.3) is 0 Å². The van der Waals surface area contributed by atoms with E-state index in [-0.39, 0.29) is 11.6 Å². The van der Waals surface area contributed by atoms with Crippen LogP contribution in [-0.2, 0) is 16.1 Å². The van der Waals surface area contributed by atoms with Crippen molar-refractivity contribution < 1.29 is 14.3 Å². The maximum atomic E-state index is 12.3. The van der Waals surface area contributed by atoms with Gasteiger partial charge in [0.15, 0.2) is 5.70 Å². The molecule has 1 heterocycles. The fourth-order valence-corrected chi connectivity index (χ4v) is 4.98. The number of nitrogens with zero attached hydrogens (tertiary/aromatic N) is 1. The molecule has 1 aliphatic rings. The summed E-state index contributed by atoms with van der Waals surface area (Å²) in [6.07, 6.45) is 1.69. The van der Waals surface area contributed by atoms with Crippen LogP contribution in [0.15, 0.2) is 84.8 Å². The molecule has 31 heavy (non-hydrogen) atoms. The van der Waals surface area contributed by atoms with Gasteiger partial charge in [-0.1, -0.05) is 42.0 Å². The number of esters is 1.